The van der Waals surface area contributed by atoms with Crippen molar-refractivity contribution in [2.45, 2.75) is 115 Å². The number of aromatic hydroxyl groups is 2. The number of ketones is 3. The molecule has 8 N–H and O–H groups in total. The molecule has 75 heavy (non-hydrogen) atoms. The van der Waals surface area contributed by atoms with E-state index in [0.29, 0.717) is 39.0 Å². The molecule has 0 radical (unpaired) electrons. The number of likely N-dealkylation sites (tertiary alicyclic amines) is 1. The second-order valence-electron chi connectivity index (χ2n) is 18.5. The molecule has 9 atom stereocenters. The number of phenolic OH excluding ortho intramolecular Hbond substituents is 2. The number of fused-ring (bicyclic) bond motifs is 3. The maximum Gasteiger partial charge on any atom is 0.293 e. The Hall–Kier alpha value is -6.89. The molecule has 406 valence electrons. The highest BCUT2D eigenvalue weighted by molar-refractivity contribution is 6.31. The summed E-state index contributed by atoms with van der Waals surface area (Å²) in [6.07, 6.45) is -1.01. The number of nitrogens with zero attached hydrogens (tertiary/aromatic N) is 3. The molecule has 2 aromatic carbocycles. The highest BCUT2D eigenvalue weighted by atomic mass is 16.7. The Balaban J connectivity index is 0.000000676. The average Bonchev–Trinajstić information content (AvgIpc) is 3.92. The zero-order valence-electron chi connectivity index (χ0n) is 42.8. The van der Waals surface area contributed by atoms with Crippen LogP contribution in [0, 0.1) is 5.92 Å². The Morgan fingerprint density at radius 1 is 0.987 bits per heavy atom. The number of hydrogen-bond donors (Lipinski definition) is 8. The monoisotopic (exact) mass is 1050 g/mol. The molecule has 2 aliphatic carbocycles. The number of phenols is 2. The highest BCUT2D eigenvalue weighted by Gasteiger charge is 2.46. The van der Waals surface area contributed by atoms with Gasteiger partial charge < -0.3 is 65.5 Å². The second-order valence-corrected chi connectivity index (χ2v) is 18.5. The molecule has 0 spiro atoms. The van der Waals surface area contributed by atoms with Gasteiger partial charge in [0.05, 0.1) is 48.6 Å². The van der Waals surface area contributed by atoms with Gasteiger partial charge in [-0.05, 0) is 58.7 Å². The smallest absolute Gasteiger partial charge is 0.293 e. The van der Waals surface area contributed by atoms with Gasteiger partial charge in [-0.2, -0.15) is 0 Å². The number of methoxy groups -OCH3 is 1. The normalized spacial score (nSPS) is 24.2. The number of rotatable bonds is 15. The summed E-state index contributed by atoms with van der Waals surface area (Å²) >= 11 is 0. The molecule has 0 bridgehead atoms. The highest BCUT2D eigenvalue weighted by Crippen LogP contribution is 2.52. The zero-order chi connectivity index (χ0) is 54.7. The molecule has 4 amide bonds. The van der Waals surface area contributed by atoms with Crippen LogP contribution in [-0.4, -0.2) is 179 Å². The number of Topliss-reactive ketones (excluding diaryl/α,β-unsaturated/α-hetero) is 1. The lowest BCUT2D eigenvalue weighted by molar-refractivity contribution is -0.245. The number of ether oxygens (including phenoxy) is 4. The summed E-state index contributed by atoms with van der Waals surface area (Å²) < 4.78 is 22.2. The molecule has 4 heterocycles. The van der Waals surface area contributed by atoms with Crippen molar-refractivity contribution in [3.8, 4) is 17.2 Å². The lowest BCUT2D eigenvalue weighted by atomic mass is 9.73. The van der Waals surface area contributed by atoms with E-state index >= 15 is 0 Å². The van der Waals surface area contributed by atoms with E-state index in [9.17, 15) is 58.8 Å². The fraction of sp³-hybridized carbons (Fsp3) is 0.519. The number of benzene rings is 2. The van der Waals surface area contributed by atoms with Crippen LogP contribution < -0.4 is 26.0 Å². The van der Waals surface area contributed by atoms with Gasteiger partial charge in [0.1, 0.15) is 54.7 Å². The number of hydrogen-bond acceptors (Lipinski definition) is 19. The topological polar surface area (TPSA) is 322 Å². The number of carbonyl (C=O) groups excluding carboxylic acids is 8. The number of likely N-dealkylation sites (N-methyl/N-ethyl adjacent to an activating group) is 1. The molecule has 3 aromatic rings. The van der Waals surface area contributed by atoms with Crippen LogP contribution in [0.15, 0.2) is 42.7 Å². The molecule has 1 aromatic heterocycles. The molecule has 3 aliphatic heterocycles. The first kappa shape index (κ1) is 57.4. The molecular weight excluding hydrogens is 979 g/mol. The number of carbonyl (C=O) groups is 8. The van der Waals surface area contributed by atoms with E-state index in [1.54, 1.807) is 25.4 Å². The zero-order valence-corrected chi connectivity index (χ0v) is 42.8. The van der Waals surface area contributed by atoms with Crippen LogP contribution >= 0.6 is 0 Å². The molecule has 23 nitrogen and oxygen atoms in total. The van der Waals surface area contributed by atoms with Gasteiger partial charge in [-0.25, -0.2) is 0 Å². The van der Waals surface area contributed by atoms with Crippen molar-refractivity contribution in [1.82, 2.24) is 36.1 Å². The number of aliphatic hydroxyl groups excluding tert-OH is 2. The van der Waals surface area contributed by atoms with Crippen LogP contribution in [0.4, 0.5) is 0 Å². The molecule has 3 saturated heterocycles. The van der Waals surface area contributed by atoms with Crippen molar-refractivity contribution in [1.29, 1.82) is 0 Å². The van der Waals surface area contributed by atoms with Gasteiger partial charge in [-0.3, -0.25) is 48.2 Å². The second kappa shape index (κ2) is 26.1. The van der Waals surface area contributed by atoms with E-state index in [1.807, 2.05) is 31.9 Å². The van der Waals surface area contributed by atoms with Crippen LogP contribution in [-0.2, 0) is 56.0 Å². The number of amides is 4. The van der Waals surface area contributed by atoms with E-state index < -0.39 is 126 Å². The number of aromatic nitrogens is 1. The number of pyridine rings is 1. The fourth-order valence-electron chi connectivity index (χ4n) is 9.96. The molecule has 3 fully saturated rings. The number of piperazine rings is 1. The van der Waals surface area contributed by atoms with E-state index in [4.69, 9.17) is 14.2 Å². The molecule has 8 rings (SSSR count). The van der Waals surface area contributed by atoms with Crippen molar-refractivity contribution in [2.24, 2.45) is 5.92 Å². The van der Waals surface area contributed by atoms with Gasteiger partial charge in [0.15, 0.2) is 17.9 Å². The predicted octanol–water partition coefficient (Wildman–Crippen LogP) is 0.340. The van der Waals surface area contributed by atoms with Gasteiger partial charge in [0.25, 0.3) is 6.47 Å². The summed E-state index contributed by atoms with van der Waals surface area (Å²) in [6, 6.07) is 4.73. The summed E-state index contributed by atoms with van der Waals surface area (Å²) in [4.78, 5) is 110. The van der Waals surface area contributed by atoms with Crippen LogP contribution in [0.1, 0.15) is 108 Å². The van der Waals surface area contributed by atoms with Crippen LogP contribution in [0.2, 0.25) is 0 Å². The first-order valence-electron chi connectivity index (χ1n) is 25.0. The summed E-state index contributed by atoms with van der Waals surface area (Å²) in [7, 11) is 3.14. The van der Waals surface area contributed by atoms with Gasteiger partial charge in [-0.15, -0.1) is 0 Å². The van der Waals surface area contributed by atoms with Crippen LogP contribution in [0.5, 0.6) is 17.2 Å². The first-order chi connectivity index (χ1) is 36.0. The lowest BCUT2D eigenvalue weighted by Gasteiger charge is -2.41. The van der Waals surface area contributed by atoms with E-state index in [-0.39, 0.29) is 59.7 Å². The number of aliphatic hydroxyl groups is 2. The Labute approximate surface area is 433 Å². The largest absolute Gasteiger partial charge is 0.507 e. The SMILES string of the molecule is CC.COc1cccc2c1C(=O)c1c(O)c3c(c(O)c1C2=O)CC(C(=O)CO)CC3OC1CC(NC(=O)C2CCCN2C(=O)CNC(=O)C(C)NC(=O)C2CNCCN2C)C(O)C(C)O1.O=COCc1cccnc1. The van der Waals surface area contributed by atoms with Crippen molar-refractivity contribution in [3.05, 3.63) is 81.7 Å². The van der Waals surface area contributed by atoms with Crippen molar-refractivity contribution in [2.75, 3.05) is 53.5 Å². The molecule has 5 aliphatic rings. The van der Waals surface area contributed by atoms with Gasteiger partial charge >= 0.3 is 0 Å². The minimum atomic E-state index is -1.25. The van der Waals surface area contributed by atoms with Gasteiger partial charge in [0, 0.05) is 73.2 Å². The Bertz CT molecular complexity index is 2600. The average molecular weight is 1050 g/mol. The maximum absolute atomic E-state index is 14.0. The van der Waals surface area contributed by atoms with Crippen LogP contribution in [0.25, 0.3) is 0 Å². The van der Waals surface area contributed by atoms with E-state index in [0.717, 1.165) is 12.1 Å². The number of nitrogens with one attached hydrogen (secondary N) is 4. The third-order valence-electron chi connectivity index (χ3n) is 13.9. The van der Waals surface area contributed by atoms with Crippen molar-refractivity contribution >= 4 is 47.5 Å². The maximum atomic E-state index is 14.0. The predicted molar refractivity (Wildman–Crippen MR) is 265 cm³/mol. The van der Waals surface area contributed by atoms with Crippen molar-refractivity contribution in [3.63, 3.8) is 0 Å². The minimum Gasteiger partial charge on any atom is -0.507 e. The Kier molecular flexibility index (Phi) is 19.9. The molecule has 0 saturated carbocycles. The Morgan fingerprint density at radius 3 is 2.41 bits per heavy atom. The molecule has 23 heteroatoms. The van der Waals surface area contributed by atoms with E-state index in [2.05, 4.69) is 31.0 Å². The van der Waals surface area contributed by atoms with Crippen molar-refractivity contribution < 1.29 is 77.7 Å². The summed E-state index contributed by atoms with van der Waals surface area (Å²) in [5.41, 5.74) is -0.250. The molecule has 9 unspecified atom stereocenters. The summed E-state index contributed by atoms with van der Waals surface area (Å²) in [5.74, 6) is -6.25. The standard InChI is InChI=1S/C43H54N6O14.C7H7NO2.C2H6/c1-19(46-43(60)26-16-44-10-12-48(26)3)41(58)45-17-30(52)49-11-6-8-25(49)42(59)47-24-15-31(62-20(2)36(24)53)63-29-14-21(27(51)18-50)13-23-33(29)40(57)35-34(38(23)55)37(54)22-7-5-9-28(61-4)32(22)39(35)56;9-6-10-5-7-2-1-3-8-4-7;1-2/h5,7,9,19-21,24-26,29,31,36,44,50,53,55,57H,6,8,10-18H2,1-4H3,(H,45,58)(H,46,60)(H,47,59);1-4,6H,5H2;1-2H3. The van der Waals surface area contributed by atoms with Gasteiger partial charge in [0.2, 0.25) is 29.4 Å². The third kappa shape index (κ3) is 12.8. The quantitative estimate of drug-likeness (QED) is 0.0588. The van der Waals surface area contributed by atoms with Gasteiger partial charge in [-0.1, -0.05) is 32.0 Å². The van der Waals surface area contributed by atoms with E-state index in [1.165, 1.54) is 37.1 Å². The lowest BCUT2D eigenvalue weighted by Crippen LogP contribution is -2.59. The third-order valence-corrected chi connectivity index (χ3v) is 13.9. The Morgan fingerprint density at radius 2 is 1.73 bits per heavy atom. The summed E-state index contributed by atoms with van der Waals surface area (Å²) in [5, 5.41) is 55.7. The first-order valence-corrected chi connectivity index (χ1v) is 25.0. The minimum absolute atomic E-state index is 0.0261. The molecular formula is C52H67N7O16. The van der Waals surface area contributed by atoms with Crippen LogP contribution in [0.3, 0.4) is 0 Å². The summed E-state index contributed by atoms with van der Waals surface area (Å²) in [6.45, 7) is 8.61. The fourth-order valence-corrected chi connectivity index (χ4v) is 9.96.